The third kappa shape index (κ3) is 11.5. The molecule has 0 amide bonds. The maximum absolute atomic E-state index is 6.62. The lowest BCUT2D eigenvalue weighted by Gasteiger charge is -2.39. The minimum atomic E-state index is -0.518. The molecule has 0 unspecified atom stereocenters. The molecular formula is C98H70BClN6O4. The Balaban J connectivity index is 0.000000119. The summed E-state index contributed by atoms with van der Waals surface area (Å²) < 4.78 is 26.0. The van der Waals surface area contributed by atoms with Crippen molar-refractivity contribution in [2.45, 2.75) is 49.7 Å². The molecule has 12 aromatic carbocycles. The molecule has 21 rings (SSSR count). The maximum atomic E-state index is 6.62. The molecule has 0 N–H and O–H groups in total. The molecule has 16 aromatic rings. The predicted molar refractivity (Wildman–Crippen MR) is 440 cm³/mol. The molecule has 110 heavy (non-hydrogen) atoms. The van der Waals surface area contributed by atoms with Crippen LogP contribution in [0.15, 0.2) is 352 Å². The van der Waals surface area contributed by atoms with Crippen LogP contribution in [0.5, 0.6) is 23.0 Å². The molecule has 0 atom stereocenters. The number of fused-ring (bicyclic) bond motifs is 18. The monoisotopic (exact) mass is 1440 g/mol. The topological polar surface area (TPSA) is 114 Å². The smallest absolute Gasteiger partial charge is 0.457 e. The first-order chi connectivity index (χ1) is 53.9. The van der Waals surface area contributed by atoms with E-state index < -0.39 is 29.2 Å². The fraction of sp³-hybridized carbons (Fsp3) is 0.0816. The van der Waals surface area contributed by atoms with Crippen molar-refractivity contribution in [1.82, 2.24) is 29.9 Å². The highest BCUT2D eigenvalue weighted by atomic mass is 35.5. The summed E-state index contributed by atoms with van der Waals surface area (Å²) >= 11 is 5.91. The maximum Gasteiger partial charge on any atom is 0.494 e. The van der Waals surface area contributed by atoms with Gasteiger partial charge in [-0.1, -0.05) is 279 Å². The number of para-hydroxylation sites is 2. The van der Waals surface area contributed by atoms with E-state index >= 15 is 0 Å². The molecular weight excluding hydrogens is 1370 g/mol. The van der Waals surface area contributed by atoms with Gasteiger partial charge in [-0.05, 0) is 150 Å². The summed E-state index contributed by atoms with van der Waals surface area (Å²) in [5, 5.41) is 0.462. The van der Waals surface area contributed by atoms with E-state index in [1.807, 2.05) is 146 Å². The van der Waals surface area contributed by atoms with Gasteiger partial charge in [-0.25, -0.2) is 24.9 Å². The van der Waals surface area contributed by atoms with Crippen LogP contribution in [-0.2, 0) is 20.1 Å². The second-order valence-corrected chi connectivity index (χ2v) is 29.5. The van der Waals surface area contributed by atoms with Gasteiger partial charge in [-0.2, -0.15) is 0 Å². The Labute approximate surface area is 644 Å². The summed E-state index contributed by atoms with van der Waals surface area (Å²) in [4.78, 5) is 28.6. The predicted octanol–water partition coefficient (Wildman–Crippen LogP) is 23.0. The zero-order chi connectivity index (χ0) is 74.1. The number of hydrogen-bond donors (Lipinski definition) is 0. The Kier molecular flexibility index (Phi) is 16.8. The molecule has 5 aliphatic rings. The summed E-state index contributed by atoms with van der Waals surface area (Å²) in [5.74, 6) is 4.88. The molecule has 12 heteroatoms. The number of rotatable bonds is 8. The summed E-state index contributed by atoms with van der Waals surface area (Å²) in [6.07, 6.45) is 3.65. The zero-order valence-electron chi connectivity index (χ0n) is 60.8. The Hall–Kier alpha value is -13.0. The molecule has 1 saturated heterocycles. The first-order valence-electron chi connectivity index (χ1n) is 37.1. The van der Waals surface area contributed by atoms with E-state index in [1.165, 1.54) is 44.5 Å². The van der Waals surface area contributed by atoms with Crippen molar-refractivity contribution in [3.8, 4) is 124 Å². The van der Waals surface area contributed by atoms with E-state index in [2.05, 4.69) is 227 Å². The first kappa shape index (κ1) is 67.6. The Bertz CT molecular complexity index is 5980. The molecule has 2 aliphatic carbocycles. The van der Waals surface area contributed by atoms with Gasteiger partial charge < -0.3 is 18.8 Å². The molecule has 526 valence electrons. The Morgan fingerprint density at radius 2 is 0.600 bits per heavy atom. The largest absolute Gasteiger partial charge is 0.494 e. The van der Waals surface area contributed by atoms with E-state index in [1.54, 1.807) is 12.3 Å². The zero-order valence-corrected chi connectivity index (χ0v) is 61.5. The van der Waals surface area contributed by atoms with Gasteiger partial charge in [-0.3, -0.25) is 4.98 Å². The van der Waals surface area contributed by atoms with Crippen molar-refractivity contribution in [2.24, 2.45) is 0 Å². The third-order valence-corrected chi connectivity index (χ3v) is 22.5. The first-order valence-corrected chi connectivity index (χ1v) is 37.4. The summed E-state index contributed by atoms with van der Waals surface area (Å²) in [6.45, 7) is 8.37. The van der Waals surface area contributed by atoms with Crippen LogP contribution in [0.2, 0.25) is 5.15 Å². The van der Waals surface area contributed by atoms with Gasteiger partial charge in [0.05, 0.1) is 50.5 Å². The normalized spacial score (nSPS) is 14.6. The number of ether oxygens (including phenoxy) is 2. The quantitative estimate of drug-likeness (QED) is 0.108. The van der Waals surface area contributed by atoms with Crippen molar-refractivity contribution in [3.63, 3.8) is 0 Å². The van der Waals surface area contributed by atoms with E-state index in [0.29, 0.717) is 16.8 Å². The molecule has 2 spiro atoms. The number of nitrogens with zero attached hydrogens (tertiary/aromatic N) is 6. The molecule has 0 saturated carbocycles. The Morgan fingerprint density at radius 3 is 1.01 bits per heavy atom. The third-order valence-electron chi connectivity index (χ3n) is 22.3. The lowest BCUT2D eigenvalue weighted by atomic mass is 9.64. The van der Waals surface area contributed by atoms with E-state index in [0.717, 1.165) is 118 Å². The van der Waals surface area contributed by atoms with Gasteiger partial charge in [0.15, 0.2) is 11.6 Å². The van der Waals surface area contributed by atoms with E-state index in [-0.39, 0.29) is 0 Å². The highest BCUT2D eigenvalue weighted by Gasteiger charge is 2.55. The highest BCUT2D eigenvalue weighted by Crippen LogP contribution is 2.64. The van der Waals surface area contributed by atoms with E-state index in [4.69, 9.17) is 55.3 Å². The number of halogens is 1. The molecule has 0 bridgehead atoms. The van der Waals surface area contributed by atoms with Crippen LogP contribution >= 0.6 is 11.6 Å². The van der Waals surface area contributed by atoms with E-state index in [9.17, 15) is 0 Å². The number of aromatic nitrogens is 6. The fourth-order valence-corrected chi connectivity index (χ4v) is 16.5. The average Bonchev–Trinajstić information content (AvgIpc) is 1.50. The van der Waals surface area contributed by atoms with Crippen molar-refractivity contribution < 1.29 is 18.8 Å². The van der Waals surface area contributed by atoms with Gasteiger partial charge >= 0.3 is 7.12 Å². The van der Waals surface area contributed by atoms with Crippen LogP contribution in [0.3, 0.4) is 0 Å². The van der Waals surface area contributed by atoms with Gasteiger partial charge in [0.2, 0.25) is 0 Å². The van der Waals surface area contributed by atoms with Crippen LogP contribution in [-0.4, -0.2) is 48.2 Å². The number of hydrogen-bond acceptors (Lipinski definition) is 10. The van der Waals surface area contributed by atoms with Crippen molar-refractivity contribution in [3.05, 3.63) is 402 Å². The van der Waals surface area contributed by atoms with Crippen molar-refractivity contribution in [2.75, 3.05) is 0 Å². The summed E-state index contributed by atoms with van der Waals surface area (Å²) in [6, 6.07) is 117. The lowest BCUT2D eigenvalue weighted by molar-refractivity contribution is 0.00578. The van der Waals surface area contributed by atoms with Gasteiger partial charge in [0.25, 0.3) is 0 Å². The molecule has 4 aromatic heterocycles. The van der Waals surface area contributed by atoms with Crippen molar-refractivity contribution in [1.29, 1.82) is 0 Å². The van der Waals surface area contributed by atoms with Crippen molar-refractivity contribution >= 4 is 24.2 Å². The fourth-order valence-electron chi connectivity index (χ4n) is 16.4. The molecule has 1 fully saturated rings. The van der Waals surface area contributed by atoms with Crippen LogP contribution < -0.4 is 14.9 Å². The number of pyridine rings is 2. The molecule has 3 aliphatic heterocycles. The van der Waals surface area contributed by atoms with Gasteiger partial charge in [-0.15, -0.1) is 0 Å². The van der Waals surface area contributed by atoms with Crippen LogP contribution in [0.25, 0.3) is 101 Å². The summed E-state index contributed by atoms with van der Waals surface area (Å²) in [7, 11) is -0.439. The SMILES string of the molecule is CC1(C)OB(c2ccc3c(c2)C2(c4ccccc4O3)c3ccccc3-c3ccccc32)OC1(C)C.Clc1ccc(-c2cc(-c3ccccc3)nc(-c3ccccc3)n2)cn1.c1ccc(-c2cc(-c3ccc(-c4ccc5c(c4)C4(c6ccccc6O5)c5ccccc5-c5ccccc54)nc3)nc(-c3ccccc3)n2)cc1. The molecule has 7 heterocycles. The second-order valence-electron chi connectivity index (χ2n) is 29.1. The second kappa shape index (κ2) is 27.3. The van der Waals surface area contributed by atoms with Crippen LogP contribution in [0.4, 0.5) is 0 Å². The van der Waals surface area contributed by atoms with Crippen LogP contribution in [0.1, 0.15) is 72.2 Å². The Morgan fingerprint density at radius 1 is 0.264 bits per heavy atom. The average molecular weight is 1440 g/mol. The minimum absolute atomic E-state index is 0.402. The lowest BCUT2D eigenvalue weighted by Crippen LogP contribution is -2.41. The molecule has 0 radical (unpaired) electrons. The standard InChI is InChI=1S/C46H29N3O.C31H27BO3.C21H14ClN3/c1-3-13-30(14-4-1)41-28-42(49-45(48-41)31-15-5-2-6-16-31)33-23-25-40(47-29-33)32-24-26-44-39(27-32)46(38-21-11-12-22-43(38)50-44)36-19-9-7-17-34(36)35-18-8-10-20-37(35)46;1-29(2)30(3,4)35-32(34-29)20-17-18-28-26(19-20)31(25-15-9-10-16-27(25)33-28)23-13-7-5-11-21(23)22-12-6-8-14-24(22)31;22-20-12-11-17(14-23-20)19-13-18(15-7-3-1-4-8-15)24-21(25-19)16-9-5-2-6-10-16/h1-29H;5-19H,1-4H3;1-14H. The number of benzene rings is 12. The molecule has 10 nitrogen and oxygen atoms in total. The summed E-state index contributed by atoms with van der Waals surface area (Å²) in [5.41, 5.74) is 25.1. The minimum Gasteiger partial charge on any atom is -0.457 e. The van der Waals surface area contributed by atoms with Crippen LogP contribution in [0, 0.1) is 0 Å². The van der Waals surface area contributed by atoms with Gasteiger partial charge in [0, 0.05) is 73.6 Å². The van der Waals surface area contributed by atoms with Gasteiger partial charge in [0.1, 0.15) is 28.2 Å². The highest BCUT2D eigenvalue weighted by molar-refractivity contribution is 6.62.